The monoisotopic (exact) mass is 414 g/mol. The number of piperidine rings is 1. The highest BCUT2D eigenvalue weighted by Crippen LogP contribution is 2.37. The number of nitrogens with one attached hydrogen (secondary N) is 3. The SMILES string of the molecule is CC(C)CNC(=O)[C@@H]1Cc2[nH]cnc2C2(CCN(C(=O)c3ccncc3F)CC2)N1. The quantitative estimate of drug-likeness (QED) is 0.701. The number of rotatable bonds is 4. The Kier molecular flexibility index (Phi) is 5.55. The standard InChI is InChI=1S/C21H27FN6O2/c1-13(2)10-24-19(29)17-9-16-18(26-12-25-16)21(27-17)4-7-28(8-5-21)20(30)14-3-6-23-11-15(14)22/h3,6,11-13,17,27H,4-5,7-10H2,1-2H3,(H,24,29)(H,25,26)/t17-/m0/s1. The van der Waals surface area contributed by atoms with Gasteiger partial charge in [-0.2, -0.15) is 0 Å². The molecule has 4 heterocycles. The molecule has 2 aliphatic rings. The molecule has 30 heavy (non-hydrogen) atoms. The molecule has 160 valence electrons. The normalized spacial score (nSPS) is 20.3. The molecule has 9 heteroatoms. The Hall–Kier alpha value is -2.81. The van der Waals surface area contributed by atoms with Crippen LogP contribution in [0.2, 0.25) is 0 Å². The molecular weight excluding hydrogens is 387 g/mol. The molecule has 0 bridgehead atoms. The first-order valence-electron chi connectivity index (χ1n) is 10.4. The Morgan fingerprint density at radius 2 is 2.13 bits per heavy atom. The molecule has 0 aromatic carbocycles. The second-order valence-corrected chi connectivity index (χ2v) is 8.50. The van der Waals surface area contributed by atoms with Crippen molar-refractivity contribution in [2.24, 2.45) is 5.92 Å². The van der Waals surface area contributed by atoms with Gasteiger partial charge in [-0.3, -0.25) is 19.9 Å². The van der Waals surface area contributed by atoms with Crippen molar-refractivity contribution >= 4 is 11.8 Å². The van der Waals surface area contributed by atoms with Crippen molar-refractivity contribution in [3.05, 3.63) is 47.6 Å². The lowest BCUT2D eigenvalue weighted by molar-refractivity contribution is -0.124. The maximum Gasteiger partial charge on any atom is 0.256 e. The zero-order chi connectivity index (χ0) is 21.3. The highest BCUT2D eigenvalue weighted by Gasteiger charge is 2.46. The number of nitrogens with zero attached hydrogens (tertiary/aromatic N) is 3. The smallest absolute Gasteiger partial charge is 0.256 e. The van der Waals surface area contributed by atoms with Gasteiger partial charge in [0.25, 0.3) is 5.91 Å². The number of carbonyl (C=O) groups is 2. The van der Waals surface area contributed by atoms with Crippen LogP contribution in [-0.2, 0) is 16.8 Å². The van der Waals surface area contributed by atoms with Gasteiger partial charge in [0.05, 0.1) is 35.4 Å². The van der Waals surface area contributed by atoms with Gasteiger partial charge in [-0.15, -0.1) is 0 Å². The average Bonchev–Trinajstić information content (AvgIpc) is 3.22. The number of imidazole rings is 1. The third-order valence-corrected chi connectivity index (χ3v) is 5.94. The number of likely N-dealkylation sites (tertiary alicyclic amines) is 1. The first-order chi connectivity index (χ1) is 14.4. The largest absolute Gasteiger partial charge is 0.354 e. The number of hydrogen-bond acceptors (Lipinski definition) is 5. The third kappa shape index (κ3) is 3.81. The van der Waals surface area contributed by atoms with Crippen molar-refractivity contribution in [2.45, 2.75) is 44.7 Å². The number of hydrogen-bond donors (Lipinski definition) is 3. The van der Waals surface area contributed by atoms with Crippen LogP contribution in [0, 0.1) is 11.7 Å². The number of aromatic amines is 1. The van der Waals surface area contributed by atoms with Crippen molar-refractivity contribution in [3.63, 3.8) is 0 Å². The lowest BCUT2D eigenvalue weighted by atomic mass is 9.78. The highest BCUT2D eigenvalue weighted by atomic mass is 19.1. The predicted molar refractivity (Wildman–Crippen MR) is 108 cm³/mol. The lowest BCUT2D eigenvalue weighted by Crippen LogP contribution is -2.62. The van der Waals surface area contributed by atoms with E-state index in [1.54, 1.807) is 11.2 Å². The fourth-order valence-corrected chi connectivity index (χ4v) is 4.32. The fourth-order valence-electron chi connectivity index (χ4n) is 4.32. The maximum absolute atomic E-state index is 14.0. The Morgan fingerprint density at radius 1 is 1.37 bits per heavy atom. The number of H-pyrrole nitrogens is 1. The zero-order valence-electron chi connectivity index (χ0n) is 17.2. The summed E-state index contributed by atoms with van der Waals surface area (Å²) in [5, 5.41) is 6.53. The average molecular weight is 414 g/mol. The molecule has 1 fully saturated rings. The van der Waals surface area contributed by atoms with Crippen LogP contribution in [0.5, 0.6) is 0 Å². The van der Waals surface area contributed by atoms with Gasteiger partial charge in [0.2, 0.25) is 5.91 Å². The Morgan fingerprint density at radius 3 is 2.83 bits per heavy atom. The first kappa shape index (κ1) is 20.5. The van der Waals surface area contributed by atoms with Gasteiger partial charge in [-0.1, -0.05) is 13.8 Å². The number of fused-ring (bicyclic) bond motifs is 2. The number of carbonyl (C=O) groups excluding carboxylic acids is 2. The van der Waals surface area contributed by atoms with Crippen LogP contribution in [0.4, 0.5) is 4.39 Å². The summed E-state index contributed by atoms with van der Waals surface area (Å²) in [4.78, 5) is 38.6. The third-order valence-electron chi connectivity index (χ3n) is 5.94. The van der Waals surface area contributed by atoms with Gasteiger partial charge in [0.15, 0.2) is 5.82 Å². The topological polar surface area (TPSA) is 103 Å². The summed E-state index contributed by atoms with van der Waals surface area (Å²) in [6, 6.07) is 1.04. The summed E-state index contributed by atoms with van der Waals surface area (Å²) in [6.07, 6.45) is 5.87. The van der Waals surface area contributed by atoms with Gasteiger partial charge in [-0.05, 0) is 24.8 Å². The van der Waals surface area contributed by atoms with Gasteiger partial charge >= 0.3 is 0 Å². The summed E-state index contributed by atoms with van der Waals surface area (Å²) in [7, 11) is 0. The predicted octanol–water partition coefficient (Wildman–Crippen LogP) is 1.36. The zero-order valence-corrected chi connectivity index (χ0v) is 17.2. The molecule has 0 aliphatic carbocycles. The molecule has 2 aromatic rings. The number of pyridine rings is 1. The van der Waals surface area contributed by atoms with E-state index in [9.17, 15) is 14.0 Å². The molecule has 0 unspecified atom stereocenters. The van der Waals surface area contributed by atoms with Gasteiger partial charge in [0, 0.05) is 37.9 Å². The number of halogens is 1. The molecule has 1 saturated heterocycles. The van der Waals surface area contributed by atoms with Crippen molar-refractivity contribution in [3.8, 4) is 0 Å². The number of amides is 2. The highest BCUT2D eigenvalue weighted by molar-refractivity contribution is 5.94. The van der Waals surface area contributed by atoms with E-state index in [-0.39, 0.29) is 23.4 Å². The van der Waals surface area contributed by atoms with E-state index in [0.29, 0.717) is 44.8 Å². The molecular formula is C21H27FN6O2. The van der Waals surface area contributed by atoms with E-state index in [1.165, 1.54) is 12.3 Å². The van der Waals surface area contributed by atoms with E-state index in [1.807, 2.05) is 0 Å². The van der Waals surface area contributed by atoms with Crippen molar-refractivity contribution in [1.82, 2.24) is 30.5 Å². The molecule has 1 spiro atoms. The number of aromatic nitrogens is 3. The fraction of sp³-hybridized carbons (Fsp3) is 0.524. The molecule has 3 N–H and O–H groups in total. The van der Waals surface area contributed by atoms with E-state index in [4.69, 9.17) is 0 Å². The second-order valence-electron chi connectivity index (χ2n) is 8.50. The van der Waals surface area contributed by atoms with Crippen LogP contribution in [0.15, 0.2) is 24.8 Å². The van der Waals surface area contributed by atoms with Crippen LogP contribution in [0.1, 0.15) is 48.4 Å². The summed E-state index contributed by atoms with van der Waals surface area (Å²) >= 11 is 0. The van der Waals surface area contributed by atoms with E-state index in [2.05, 4.69) is 39.4 Å². The molecule has 8 nitrogen and oxygen atoms in total. The minimum absolute atomic E-state index is 0.0271. The summed E-state index contributed by atoms with van der Waals surface area (Å²) in [6.45, 7) is 5.63. The van der Waals surface area contributed by atoms with Crippen LogP contribution >= 0.6 is 0 Å². The van der Waals surface area contributed by atoms with Crippen LogP contribution in [0.3, 0.4) is 0 Å². The second kappa shape index (κ2) is 8.14. The van der Waals surface area contributed by atoms with E-state index >= 15 is 0 Å². The molecule has 2 aromatic heterocycles. The summed E-state index contributed by atoms with van der Waals surface area (Å²) < 4.78 is 14.0. The van der Waals surface area contributed by atoms with Crippen LogP contribution in [0.25, 0.3) is 0 Å². The Bertz CT molecular complexity index is 935. The minimum Gasteiger partial charge on any atom is -0.354 e. The lowest BCUT2D eigenvalue weighted by Gasteiger charge is -2.46. The van der Waals surface area contributed by atoms with Crippen molar-refractivity contribution in [1.29, 1.82) is 0 Å². The molecule has 2 aliphatic heterocycles. The van der Waals surface area contributed by atoms with Gasteiger partial charge < -0.3 is 15.2 Å². The summed E-state index contributed by atoms with van der Waals surface area (Å²) in [5.74, 6) is -0.609. The van der Waals surface area contributed by atoms with Gasteiger partial charge in [-0.25, -0.2) is 9.37 Å². The Labute approximate surface area is 174 Å². The van der Waals surface area contributed by atoms with Crippen molar-refractivity contribution in [2.75, 3.05) is 19.6 Å². The maximum atomic E-state index is 14.0. The first-order valence-corrected chi connectivity index (χ1v) is 10.4. The van der Waals surface area contributed by atoms with Crippen molar-refractivity contribution < 1.29 is 14.0 Å². The molecule has 0 radical (unpaired) electrons. The van der Waals surface area contributed by atoms with Gasteiger partial charge in [0.1, 0.15) is 0 Å². The minimum atomic E-state index is -0.616. The Balaban J connectivity index is 1.50. The summed E-state index contributed by atoms with van der Waals surface area (Å²) in [5.41, 5.74) is 1.42. The van der Waals surface area contributed by atoms with E-state index in [0.717, 1.165) is 17.6 Å². The van der Waals surface area contributed by atoms with Crippen LogP contribution < -0.4 is 10.6 Å². The van der Waals surface area contributed by atoms with E-state index < -0.39 is 11.4 Å². The molecule has 1 atom stereocenters. The van der Waals surface area contributed by atoms with Crippen LogP contribution in [-0.4, -0.2) is 57.3 Å². The molecule has 4 rings (SSSR count). The molecule has 0 saturated carbocycles. The molecule has 2 amide bonds.